The molecule has 26 heteroatoms. The van der Waals surface area contributed by atoms with Crippen molar-refractivity contribution in [2.24, 2.45) is 11.8 Å². The van der Waals surface area contributed by atoms with Crippen molar-refractivity contribution in [2.45, 2.75) is 537 Å². The Morgan fingerprint density at radius 1 is 0.325 bits per heavy atom. The molecule has 0 bridgehead atoms. The fourth-order valence-corrected chi connectivity index (χ4v) is 17.7. The van der Waals surface area contributed by atoms with E-state index in [0.717, 1.165) is 128 Å². The molecule has 25 nitrogen and oxygen atoms in total. The van der Waals surface area contributed by atoms with E-state index in [-0.39, 0.29) is 25.7 Å². The Kier molecular flexibility index (Phi) is 66.4. The first-order valence-electron chi connectivity index (χ1n) is 49.1. The quantitative estimate of drug-likeness (QED) is 0.0117. The van der Waals surface area contributed by atoms with Crippen LogP contribution in [0, 0.1) is 11.8 Å². The zero-order valence-electron chi connectivity index (χ0n) is 76.0. The molecule has 0 amide bonds. The summed E-state index contributed by atoms with van der Waals surface area (Å²) in [6.07, 6.45) is 26.6. The van der Waals surface area contributed by atoms with Crippen molar-refractivity contribution < 1.29 is 122 Å². The van der Waals surface area contributed by atoms with Crippen molar-refractivity contribution in [1.29, 1.82) is 0 Å². The lowest BCUT2D eigenvalue weighted by atomic mass is 9.84. The molecule has 0 aromatic carbocycles. The summed E-state index contributed by atoms with van der Waals surface area (Å²) in [5, 5.41) is 102. The van der Waals surface area contributed by atoms with Gasteiger partial charge in [0.05, 0.1) is 13.2 Å². The zero-order valence-corrected chi connectivity index (χ0v) is 76.9. The van der Waals surface area contributed by atoms with E-state index in [4.69, 9.17) is 46.9 Å². The first-order chi connectivity index (χ1) is 58.0. The molecule has 20 unspecified atom stereocenters. The topological polar surface area (TPSA) is 380 Å². The van der Waals surface area contributed by atoms with E-state index < -0.39 is 162 Å². The lowest BCUT2D eigenvalue weighted by Crippen LogP contribution is -2.70. The average Bonchev–Trinajstić information content (AvgIpc) is 0.753. The molecular formula is C94H177O25P. The van der Waals surface area contributed by atoms with E-state index >= 15 is 0 Å². The van der Waals surface area contributed by atoms with Gasteiger partial charge in [0.2, 0.25) is 0 Å². The molecule has 10 N–H and O–H groups in total. The summed E-state index contributed by atoms with van der Waals surface area (Å²) in [5.74, 6) is -1.57. The second kappa shape index (κ2) is 71.4. The van der Waals surface area contributed by atoms with E-state index in [1.807, 2.05) is 0 Å². The predicted molar refractivity (Wildman–Crippen MR) is 467 cm³/mol. The van der Waals surface area contributed by atoms with Gasteiger partial charge in [0.15, 0.2) is 24.8 Å². The number of hydrogen-bond donors (Lipinski definition) is 10. The molecular weight excluding hydrogens is 1560 g/mol. The van der Waals surface area contributed by atoms with Crippen LogP contribution in [0.3, 0.4) is 0 Å². The molecule has 708 valence electrons. The van der Waals surface area contributed by atoms with Crippen LogP contribution in [0.15, 0.2) is 0 Å². The second-order valence-corrected chi connectivity index (χ2v) is 37.3. The van der Waals surface area contributed by atoms with Gasteiger partial charge in [-0.15, -0.1) is 0 Å². The lowest BCUT2D eigenvalue weighted by molar-refractivity contribution is -0.360. The number of phosphoric acid groups is 1. The SMILES string of the molecule is CCCCCCCCCCCCCCCCCCC(=O)OC(COC(=O)CCCCCCCCC(C)CCCCCCCC)COP(=O)(O)OC1C(OC2OC(CO)C(O)C(O)C2O)C(O)C(O)C(OC(=O)CCCCCCCCCCCCCCC)C1OC1OC(COC(=O)CCCCCCCCC(C)CCCCCCCC)C(O)C(O)C1O. The Morgan fingerprint density at radius 3 is 0.992 bits per heavy atom. The number of carbonyl (C=O) groups is 4. The van der Waals surface area contributed by atoms with Gasteiger partial charge < -0.3 is 88.7 Å². The van der Waals surface area contributed by atoms with Crippen LogP contribution in [0.4, 0.5) is 0 Å². The van der Waals surface area contributed by atoms with Crippen LogP contribution in [0.5, 0.6) is 0 Å². The van der Waals surface area contributed by atoms with Crippen molar-refractivity contribution in [1.82, 2.24) is 0 Å². The number of aliphatic hydroxyl groups excluding tert-OH is 9. The number of unbranched alkanes of at least 4 members (excludes halogenated alkanes) is 47. The van der Waals surface area contributed by atoms with E-state index in [1.165, 1.54) is 205 Å². The number of carbonyl (C=O) groups excluding carboxylic acids is 4. The molecule has 1 aliphatic carbocycles. The molecule has 2 saturated heterocycles. The molecule has 0 radical (unpaired) electrons. The van der Waals surface area contributed by atoms with E-state index in [2.05, 4.69) is 41.5 Å². The van der Waals surface area contributed by atoms with Gasteiger partial charge in [-0.25, -0.2) is 4.57 Å². The maximum Gasteiger partial charge on any atom is 0.472 e. The molecule has 0 spiro atoms. The highest BCUT2D eigenvalue weighted by molar-refractivity contribution is 7.47. The number of hydrogen-bond acceptors (Lipinski definition) is 24. The summed E-state index contributed by atoms with van der Waals surface area (Å²) in [6.45, 7) is 10.3. The Balaban J connectivity index is 1.91. The van der Waals surface area contributed by atoms with Gasteiger partial charge in [0.25, 0.3) is 0 Å². The highest BCUT2D eigenvalue weighted by Gasteiger charge is 2.60. The van der Waals surface area contributed by atoms with Crippen molar-refractivity contribution in [3.63, 3.8) is 0 Å². The number of rotatable bonds is 79. The number of aliphatic hydroxyl groups is 9. The number of esters is 4. The van der Waals surface area contributed by atoms with Gasteiger partial charge in [0.1, 0.15) is 92.6 Å². The van der Waals surface area contributed by atoms with Crippen LogP contribution in [0.2, 0.25) is 0 Å². The average molecular weight is 1740 g/mol. The minimum absolute atomic E-state index is 0.0170. The lowest BCUT2D eigenvalue weighted by Gasteiger charge is -2.50. The van der Waals surface area contributed by atoms with Gasteiger partial charge in [-0.1, -0.05) is 382 Å². The summed E-state index contributed by atoms with van der Waals surface area (Å²) in [4.78, 5) is 66.7. The number of phosphoric ester groups is 1. The second-order valence-electron chi connectivity index (χ2n) is 35.9. The van der Waals surface area contributed by atoms with E-state index in [9.17, 15) is 74.6 Å². The minimum Gasteiger partial charge on any atom is -0.463 e. The van der Waals surface area contributed by atoms with Crippen molar-refractivity contribution >= 4 is 31.7 Å². The Hall–Kier alpha value is -2.53. The van der Waals surface area contributed by atoms with E-state index in [0.29, 0.717) is 43.9 Å². The Morgan fingerprint density at radius 2 is 0.625 bits per heavy atom. The van der Waals surface area contributed by atoms with Gasteiger partial charge >= 0.3 is 31.7 Å². The summed E-state index contributed by atoms with van der Waals surface area (Å²) < 4.78 is 73.6. The molecule has 3 fully saturated rings. The molecule has 3 aliphatic rings. The largest absolute Gasteiger partial charge is 0.472 e. The van der Waals surface area contributed by atoms with Gasteiger partial charge in [-0.05, 0) is 37.5 Å². The molecule has 20 atom stereocenters. The van der Waals surface area contributed by atoms with Crippen LogP contribution in [0.25, 0.3) is 0 Å². The third-order valence-corrected chi connectivity index (χ3v) is 25.6. The molecule has 1 saturated carbocycles. The molecule has 120 heavy (non-hydrogen) atoms. The normalized spacial score (nSPS) is 25.2. The summed E-state index contributed by atoms with van der Waals surface area (Å²) in [7, 11) is -5.81. The van der Waals surface area contributed by atoms with Crippen molar-refractivity contribution in [2.75, 3.05) is 26.4 Å². The van der Waals surface area contributed by atoms with Crippen molar-refractivity contribution in [3.8, 4) is 0 Å². The first kappa shape index (κ1) is 112. The molecule has 2 heterocycles. The molecule has 0 aromatic heterocycles. The summed E-state index contributed by atoms with van der Waals surface area (Å²) in [6, 6.07) is 0. The minimum atomic E-state index is -5.81. The summed E-state index contributed by atoms with van der Waals surface area (Å²) >= 11 is 0. The van der Waals surface area contributed by atoms with Crippen LogP contribution in [-0.2, 0) is 70.7 Å². The molecule has 0 aromatic rings. The molecule has 3 rings (SSSR count). The predicted octanol–water partition coefficient (Wildman–Crippen LogP) is 18.7. The van der Waals surface area contributed by atoms with Crippen molar-refractivity contribution in [3.05, 3.63) is 0 Å². The summed E-state index contributed by atoms with van der Waals surface area (Å²) in [5.41, 5.74) is 0. The monoisotopic (exact) mass is 1740 g/mol. The fraction of sp³-hybridized carbons (Fsp3) is 0.957. The third kappa shape index (κ3) is 51.5. The Labute approximate surface area is 725 Å². The standard InChI is InChI=1S/C94H177O25P/c1-7-11-15-19-23-25-27-29-30-31-33-35-36-38-50-58-66-79(98)113-74(69-110-77(96)64-56-48-42-40-46-54-62-72(5)60-52-44-21-17-13-9-3)70-112-120(108,109)119-92-90(117-93-87(106)83(102)81(100)75(68-95)114-93)86(105)85(104)89(116-80(99)67-59-51-39-37-34-32-28-26-24-20-16-12-8-2)91(92)118-94-88(107)84(103)82(101)76(115-94)71-111-78(97)65-57-49-43-41-47-55-63-73(6)61-53-45-22-18-14-10-4/h72-76,81-95,100-107H,7-71H2,1-6H3,(H,108,109). The van der Waals surface area contributed by atoms with Crippen LogP contribution in [-0.4, -0.2) is 205 Å². The van der Waals surface area contributed by atoms with Crippen LogP contribution in [0.1, 0.15) is 433 Å². The highest BCUT2D eigenvalue weighted by atomic mass is 31.2. The zero-order chi connectivity index (χ0) is 87.8. The van der Waals surface area contributed by atoms with Crippen LogP contribution < -0.4 is 0 Å². The highest BCUT2D eigenvalue weighted by Crippen LogP contribution is 2.49. The fourth-order valence-electron chi connectivity index (χ4n) is 16.7. The molecule has 2 aliphatic heterocycles. The Bertz CT molecular complexity index is 2520. The van der Waals surface area contributed by atoms with E-state index in [1.54, 1.807) is 0 Å². The van der Waals surface area contributed by atoms with Gasteiger partial charge in [-0.3, -0.25) is 28.2 Å². The number of ether oxygens (including phenoxy) is 8. The maximum absolute atomic E-state index is 14.9. The van der Waals surface area contributed by atoms with Gasteiger partial charge in [0, 0.05) is 25.7 Å². The third-order valence-electron chi connectivity index (χ3n) is 24.7. The maximum atomic E-state index is 14.9. The smallest absolute Gasteiger partial charge is 0.463 e. The first-order valence-corrected chi connectivity index (χ1v) is 50.5. The van der Waals surface area contributed by atoms with Gasteiger partial charge in [-0.2, -0.15) is 0 Å². The van der Waals surface area contributed by atoms with Crippen LogP contribution >= 0.6 is 7.82 Å².